The van der Waals surface area contributed by atoms with Crippen molar-refractivity contribution < 1.29 is 17.9 Å². The number of nitrogens with two attached hydrogens (primary N) is 1. The van der Waals surface area contributed by atoms with Crippen LogP contribution >= 0.6 is 0 Å². The van der Waals surface area contributed by atoms with E-state index in [2.05, 4.69) is 0 Å². The monoisotopic (exact) mass is 319 g/mol. The van der Waals surface area contributed by atoms with Crippen molar-refractivity contribution in [3.05, 3.63) is 0 Å². The molecule has 2 aliphatic rings. The molecule has 0 aromatic heterocycles. The Kier molecular flexibility index (Phi) is 5.24. The van der Waals surface area contributed by atoms with E-state index in [0.717, 1.165) is 0 Å². The third-order valence-corrected chi connectivity index (χ3v) is 6.46. The first-order chi connectivity index (χ1) is 9.95. The van der Waals surface area contributed by atoms with Crippen molar-refractivity contribution >= 4 is 15.9 Å². The maximum Gasteiger partial charge on any atom is 0.230 e. The molecule has 1 amide bonds. The van der Waals surface area contributed by atoms with Gasteiger partial charge in [-0.25, -0.2) is 8.42 Å². The smallest absolute Gasteiger partial charge is 0.230 e. The molecule has 8 heteroatoms. The van der Waals surface area contributed by atoms with E-state index in [-0.39, 0.29) is 11.7 Å². The van der Waals surface area contributed by atoms with Crippen LogP contribution in [-0.2, 0) is 19.6 Å². The van der Waals surface area contributed by atoms with E-state index in [0.29, 0.717) is 58.8 Å². The Morgan fingerprint density at radius 2 is 1.76 bits per heavy atom. The maximum atomic E-state index is 12.8. The normalized spacial score (nSPS) is 24.0. The Hall–Kier alpha value is -0.700. The van der Waals surface area contributed by atoms with Crippen LogP contribution in [0.25, 0.3) is 0 Å². The van der Waals surface area contributed by atoms with Gasteiger partial charge in [-0.05, 0) is 19.8 Å². The molecule has 2 saturated heterocycles. The third-order valence-electron chi connectivity index (χ3n) is 4.58. The van der Waals surface area contributed by atoms with Crippen molar-refractivity contribution in [1.29, 1.82) is 0 Å². The van der Waals surface area contributed by atoms with Crippen LogP contribution in [-0.4, -0.2) is 75.2 Å². The number of nitrogens with zero attached hydrogens (tertiary/aromatic N) is 2. The molecule has 21 heavy (non-hydrogen) atoms. The second kappa shape index (κ2) is 6.60. The molecule has 2 heterocycles. The van der Waals surface area contributed by atoms with E-state index in [1.165, 1.54) is 4.31 Å². The van der Waals surface area contributed by atoms with Crippen molar-refractivity contribution in [2.24, 2.45) is 11.1 Å². The molecule has 122 valence electrons. The molecule has 0 aromatic carbocycles. The van der Waals surface area contributed by atoms with Crippen molar-refractivity contribution in [2.75, 3.05) is 51.7 Å². The van der Waals surface area contributed by atoms with Crippen LogP contribution in [0, 0.1) is 5.41 Å². The number of hydrogen-bond donors (Lipinski definition) is 1. The second-order valence-corrected chi connectivity index (χ2v) is 7.95. The standard InChI is InChI=1S/C13H25N3O4S/c1-2-21(18,19)16-7-5-15(6-8-16)12(17)13(11-14)3-9-20-10-4-13/h2-11,14H2,1H3. The number of amides is 1. The summed E-state index contributed by atoms with van der Waals surface area (Å²) in [7, 11) is -3.17. The summed E-state index contributed by atoms with van der Waals surface area (Å²) in [5, 5.41) is 0. The summed E-state index contributed by atoms with van der Waals surface area (Å²) in [4.78, 5) is 14.5. The summed E-state index contributed by atoms with van der Waals surface area (Å²) >= 11 is 0. The molecule has 2 N–H and O–H groups in total. The van der Waals surface area contributed by atoms with E-state index in [1.54, 1.807) is 11.8 Å². The number of piperazine rings is 1. The highest BCUT2D eigenvalue weighted by atomic mass is 32.2. The Balaban J connectivity index is 1.99. The van der Waals surface area contributed by atoms with Gasteiger partial charge in [0.25, 0.3) is 0 Å². The Labute approximate surface area is 126 Å². The molecule has 7 nitrogen and oxygen atoms in total. The fourth-order valence-electron chi connectivity index (χ4n) is 2.95. The van der Waals surface area contributed by atoms with Crippen molar-refractivity contribution in [3.63, 3.8) is 0 Å². The molecule has 0 bridgehead atoms. The number of rotatable bonds is 4. The molecule has 0 aromatic rings. The minimum absolute atomic E-state index is 0.0573. The molecule has 2 fully saturated rings. The zero-order valence-corrected chi connectivity index (χ0v) is 13.4. The highest BCUT2D eigenvalue weighted by Gasteiger charge is 2.42. The molecular formula is C13H25N3O4S. The molecule has 0 unspecified atom stereocenters. The van der Waals surface area contributed by atoms with Crippen molar-refractivity contribution in [3.8, 4) is 0 Å². The summed E-state index contributed by atoms with van der Waals surface area (Å²) in [6, 6.07) is 0. The third kappa shape index (κ3) is 3.39. The molecule has 0 aliphatic carbocycles. The number of hydrogen-bond acceptors (Lipinski definition) is 5. The minimum Gasteiger partial charge on any atom is -0.381 e. The SMILES string of the molecule is CCS(=O)(=O)N1CCN(C(=O)C2(CN)CCOCC2)CC1. The zero-order chi connectivity index (χ0) is 15.5. The van der Waals surface area contributed by atoms with Gasteiger partial charge >= 0.3 is 0 Å². The maximum absolute atomic E-state index is 12.8. The lowest BCUT2D eigenvalue weighted by Crippen LogP contribution is -2.57. The fourth-order valence-corrected chi connectivity index (χ4v) is 4.04. The van der Waals surface area contributed by atoms with Gasteiger partial charge in [-0.1, -0.05) is 0 Å². The number of sulfonamides is 1. The second-order valence-electron chi connectivity index (χ2n) is 5.69. The van der Waals surface area contributed by atoms with Gasteiger partial charge in [0.15, 0.2) is 0 Å². The lowest BCUT2D eigenvalue weighted by molar-refractivity contribution is -0.148. The number of ether oxygens (including phenoxy) is 1. The molecule has 0 saturated carbocycles. The molecule has 0 radical (unpaired) electrons. The van der Waals surface area contributed by atoms with Gasteiger partial charge in [0.05, 0.1) is 11.2 Å². The first-order valence-electron chi connectivity index (χ1n) is 7.50. The van der Waals surface area contributed by atoms with Gasteiger partial charge in [0.1, 0.15) is 0 Å². The van der Waals surface area contributed by atoms with E-state index in [4.69, 9.17) is 10.5 Å². The summed E-state index contributed by atoms with van der Waals surface area (Å²) in [5.74, 6) is 0.159. The predicted molar refractivity (Wildman–Crippen MR) is 79.2 cm³/mol. The van der Waals surface area contributed by atoms with E-state index >= 15 is 0 Å². The van der Waals surface area contributed by atoms with E-state index in [1.807, 2.05) is 0 Å². The van der Waals surface area contributed by atoms with Crippen LogP contribution in [0.15, 0.2) is 0 Å². The lowest BCUT2D eigenvalue weighted by atomic mass is 9.78. The molecule has 2 rings (SSSR count). The van der Waals surface area contributed by atoms with Crippen LogP contribution in [0.4, 0.5) is 0 Å². The average Bonchev–Trinajstić information content (AvgIpc) is 2.55. The molecule has 2 aliphatic heterocycles. The summed E-state index contributed by atoms with van der Waals surface area (Å²) in [6.07, 6.45) is 1.30. The van der Waals surface area contributed by atoms with Crippen molar-refractivity contribution in [2.45, 2.75) is 19.8 Å². The highest BCUT2D eigenvalue weighted by molar-refractivity contribution is 7.89. The van der Waals surface area contributed by atoms with Crippen molar-refractivity contribution in [1.82, 2.24) is 9.21 Å². The first-order valence-corrected chi connectivity index (χ1v) is 9.11. The van der Waals surface area contributed by atoms with Crippen LogP contribution in [0.1, 0.15) is 19.8 Å². The number of carbonyl (C=O) groups is 1. The van der Waals surface area contributed by atoms with Crippen LogP contribution < -0.4 is 5.73 Å². The van der Waals surface area contributed by atoms with Gasteiger partial charge in [-0.2, -0.15) is 4.31 Å². The minimum atomic E-state index is -3.17. The topological polar surface area (TPSA) is 92.9 Å². The lowest BCUT2D eigenvalue weighted by Gasteiger charge is -2.41. The Morgan fingerprint density at radius 3 is 2.24 bits per heavy atom. The summed E-state index contributed by atoms with van der Waals surface area (Å²) in [5.41, 5.74) is 5.33. The zero-order valence-electron chi connectivity index (χ0n) is 12.6. The Bertz CT molecular complexity index is 466. The quantitative estimate of drug-likeness (QED) is 0.735. The van der Waals surface area contributed by atoms with Crippen LogP contribution in [0.2, 0.25) is 0 Å². The van der Waals surface area contributed by atoms with Gasteiger partial charge in [-0.15, -0.1) is 0 Å². The number of carbonyl (C=O) groups excluding carboxylic acids is 1. The average molecular weight is 319 g/mol. The van der Waals surface area contributed by atoms with Gasteiger partial charge in [0, 0.05) is 45.9 Å². The predicted octanol–water partition coefficient (Wildman–Crippen LogP) is -0.764. The fraction of sp³-hybridized carbons (Fsp3) is 0.923. The van der Waals surface area contributed by atoms with E-state index in [9.17, 15) is 13.2 Å². The molecule has 0 spiro atoms. The summed E-state index contributed by atoms with van der Waals surface area (Å²) in [6.45, 7) is 4.72. The Morgan fingerprint density at radius 1 is 1.19 bits per heavy atom. The van der Waals surface area contributed by atoms with Crippen LogP contribution in [0.5, 0.6) is 0 Å². The van der Waals surface area contributed by atoms with Gasteiger partial charge < -0.3 is 15.4 Å². The molecular weight excluding hydrogens is 294 g/mol. The highest BCUT2D eigenvalue weighted by Crippen LogP contribution is 2.32. The van der Waals surface area contributed by atoms with Gasteiger partial charge in [0.2, 0.25) is 15.9 Å². The largest absolute Gasteiger partial charge is 0.381 e. The molecule has 0 atom stereocenters. The van der Waals surface area contributed by atoms with Crippen LogP contribution in [0.3, 0.4) is 0 Å². The first kappa shape index (κ1) is 16.7. The summed E-state index contributed by atoms with van der Waals surface area (Å²) < 4.78 is 30.5. The van der Waals surface area contributed by atoms with E-state index < -0.39 is 15.4 Å². The van der Waals surface area contributed by atoms with Gasteiger partial charge in [-0.3, -0.25) is 4.79 Å².